The largest absolute Gasteiger partial charge is 0.355 e. The van der Waals surface area contributed by atoms with Crippen LogP contribution >= 0.6 is 11.8 Å². The van der Waals surface area contributed by atoms with E-state index in [-0.39, 0.29) is 11.4 Å². The molecule has 0 atom stereocenters. The van der Waals surface area contributed by atoms with Gasteiger partial charge >= 0.3 is 0 Å². The molecule has 0 saturated heterocycles. The van der Waals surface area contributed by atoms with Gasteiger partial charge in [-0.1, -0.05) is 71.9 Å². The first kappa shape index (κ1) is 20.3. The van der Waals surface area contributed by atoms with Gasteiger partial charge in [-0.15, -0.1) is 0 Å². The molecule has 158 valence electrons. The lowest BCUT2D eigenvalue weighted by molar-refractivity contribution is 0.627. The number of benzene rings is 3. The Bertz CT molecular complexity index is 1440. The summed E-state index contributed by atoms with van der Waals surface area (Å²) in [6, 6.07) is 24.1. The van der Waals surface area contributed by atoms with Crippen LogP contribution in [0, 0.1) is 12.7 Å². The second-order valence-electron chi connectivity index (χ2n) is 7.58. The van der Waals surface area contributed by atoms with Crippen molar-refractivity contribution in [2.45, 2.75) is 17.8 Å². The van der Waals surface area contributed by atoms with Crippen LogP contribution in [-0.4, -0.2) is 14.5 Å². The molecule has 0 amide bonds. The monoisotopic (exact) mass is 441 g/mol. The molecule has 3 aromatic carbocycles. The van der Waals surface area contributed by atoms with Gasteiger partial charge in [0.05, 0.1) is 5.69 Å². The first-order valence-electron chi connectivity index (χ1n) is 10.2. The Morgan fingerprint density at radius 2 is 1.69 bits per heavy atom. The van der Waals surface area contributed by atoms with Crippen LogP contribution in [0.2, 0.25) is 0 Å². The molecule has 0 unspecified atom stereocenters. The SMILES string of the molecule is Cc1ccc(CSc2nc3c(-c4ccccc4)c[nH]c3c(=O)n2-c2ccc(F)cc2)cc1. The molecule has 0 aliphatic carbocycles. The van der Waals surface area contributed by atoms with Crippen LogP contribution in [0.15, 0.2) is 95.0 Å². The number of hydrogen-bond acceptors (Lipinski definition) is 3. The average Bonchev–Trinajstić information content (AvgIpc) is 3.24. The van der Waals surface area contributed by atoms with Crippen molar-refractivity contribution in [2.75, 3.05) is 0 Å². The number of nitrogens with one attached hydrogen (secondary N) is 1. The standard InChI is InChI=1S/C26H20FN3OS/c1-17-7-9-18(10-8-17)16-32-26-29-23-22(19-5-3-2-4-6-19)15-28-24(23)25(31)30(26)21-13-11-20(27)12-14-21/h2-15,28H,16H2,1H3. The number of aromatic nitrogens is 3. The van der Waals surface area contributed by atoms with Crippen molar-refractivity contribution in [3.8, 4) is 16.8 Å². The Morgan fingerprint density at radius 3 is 2.41 bits per heavy atom. The second-order valence-corrected chi connectivity index (χ2v) is 8.52. The zero-order valence-corrected chi connectivity index (χ0v) is 18.2. The molecular formula is C26H20FN3OS. The van der Waals surface area contributed by atoms with E-state index in [2.05, 4.69) is 36.2 Å². The summed E-state index contributed by atoms with van der Waals surface area (Å²) < 4.78 is 15.1. The van der Waals surface area contributed by atoms with Gasteiger partial charge in [-0.3, -0.25) is 9.36 Å². The van der Waals surface area contributed by atoms with E-state index in [9.17, 15) is 9.18 Å². The van der Waals surface area contributed by atoms with Crippen LogP contribution in [0.25, 0.3) is 27.8 Å². The van der Waals surface area contributed by atoms with Gasteiger partial charge in [0.1, 0.15) is 16.9 Å². The van der Waals surface area contributed by atoms with Gasteiger partial charge in [-0.05, 0) is 42.3 Å². The minimum atomic E-state index is -0.351. The normalized spacial score (nSPS) is 11.2. The zero-order chi connectivity index (χ0) is 22.1. The molecule has 6 heteroatoms. The molecule has 0 aliphatic heterocycles. The first-order valence-corrected chi connectivity index (χ1v) is 11.2. The predicted molar refractivity (Wildman–Crippen MR) is 128 cm³/mol. The number of nitrogens with zero attached hydrogens (tertiary/aromatic N) is 2. The van der Waals surface area contributed by atoms with Crippen molar-refractivity contribution < 1.29 is 4.39 Å². The fraction of sp³-hybridized carbons (Fsp3) is 0.0769. The highest BCUT2D eigenvalue weighted by Gasteiger charge is 2.18. The highest BCUT2D eigenvalue weighted by atomic mass is 32.2. The maximum Gasteiger partial charge on any atom is 0.283 e. The van der Waals surface area contributed by atoms with E-state index in [1.165, 1.54) is 29.5 Å². The number of H-pyrrole nitrogens is 1. The fourth-order valence-electron chi connectivity index (χ4n) is 3.62. The van der Waals surface area contributed by atoms with Crippen LogP contribution in [-0.2, 0) is 5.75 Å². The van der Waals surface area contributed by atoms with E-state index in [1.54, 1.807) is 16.7 Å². The van der Waals surface area contributed by atoms with E-state index < -0.39 is 0 Å². The molecular weight excluding hydrogens is 421 g/mol. The third-order valence-corrected chi connectivity index (χ3v) is 6.34. The number of aromatic amines is 1. The summed E-state index contributed by atoms with van der Waals surface area (Å²) in [5.74, 6) is 0.306. The van der Waals surface area contributed by atoms with Crippen LogP contribution in [0.1, 0.15) is 11.1 Å². The van der Waals surface area contributed by atoms with Gasteiger partial charge in [-0.25, -0.2) is 9.37 Å². The molecule has 2 heterocycles. The molecule has 4 nitrogen and oxygen atoms in total. The molecule has 2 aromatic heterocycles. The third kappa shape index (κ3) is 3.85. The number of aryl methyl sites for hydroxylation is 1. The number of hydrogen-bond donors (Lipinski definition) is 1. The van der Waals surface area contributed by atoms with Gasteiger partial charge in [0.15, 0.2) is 5.16 Å². The van der Waals surface area contributed by atoms with E-state index in [0.717, 1.165) is 16.7 Å². The lowest BCUT2D eigenvalue weighted by Crippen LogP contribution is -2.21. The number of fused-ring (bicyclic) bond motifs is 1. The first-order chi connectivity index (χ1) is 15.6. The Morgan fingerprint density at radius 1 is 0.969 bits per heavy atom. The number of rotatable bonds is 5. The molecule has 1 N–H and O–H groups in total. The van der Waals surface area contributed by atoms with Gasteiger partial charge in [-0.2, -0.15) is 0 Å². The van der Waals surface area contributed by atoms with Crippen LogP contribution in [0.4, 0.5) is 4.39 Å². The molecule has 32 heavy (non-hydrogen) atoms. The molecule has 0 fully saturated rings. The van der Waals surface area contributed by atoms with Gasteiger partial charge < -0.3 is 4.98 Å². The van der Waals surface area contributed by atoms with Crippen molar-refractivity contribution >= 4 is 22.8 Å². The zero-order valence-electron chi connectivity index (χ0n) is 17.4. The van der Waals surface area contributed by atoms with Crippen molar-refractivity contribution in [1.29, 1.82) is 0 Å². The molecule has 5 rings (SSSR count). The fourth-order valence-corrected chi connectivity index (χ4v) is 4.59. The predicted octanol–water partition coefficient (Wildman–Crippen LogP) is 6.12. The van der Waals surface area contributed by atoms with E-state index in [4.69, 9.17) is 4.98 Å². The Hall–Kier alpha value is -3.64. The van der Waals surface area contributed by atoms with Crippen molar-refractivity contribution in [3.05, 3.63) is 112 Å². The molecule has 0 aliphatic rings. The van der Waals surface area contributed by atoms with Gasteiger partial charge in [0, 0.05) is 17.5 Å². The highest BCUT2D eigenvalue weighted by molar-refractivity contribution is 7.98. The van der Waals surface area contributed by atoms with Crippen LogP contribution < -0.4 is 5.56 Å². The average molecular weight is 442 g/mol. The van der Waals surface area contributed by atoms with E-state index in [1.807, 2.05) is 36.5 Å². The second kappa shape index (κ2) is 8.48. The summed E-state index contributed by atoms with van der Waals surface area (Å²) in [5.41, 5.74) is 5.61. The third-order valence-electron chi connectivity index (χ3n) is 5.33. The van der Waals surface area contributed by atoms with Gasteiger partial charge in [0.25, 0.3) is 5.56 Å². The summed E-state index contributed by atoms with van der Waals surface area (Å²) in [5, 5.41) is 0.562. The quantitative estimate of drug-likeness (QED) is 0.264. The molecule has 5 aromatic rings. The summed E-state index contributed by atoms with van der Waals surface area (Å²) >= 11 is 1.49. The smallest absolute Gasteiger partial charge is 0.283 e. The Balaban J connectivity index is 1.66. The minimum Gasteiger partial charge on any atom is -0.355 e. The van der Waals surface area contributed by atoms with Crippen LogP contribution in [0.3, 0.4) is 0 Å². The lowest BCUT2D eigenvalue weighted by atomic mass is 10.1. The van der Waals surface area contributed by atoms with Crippen LogP contribution in [0.5, 0.6) is 0 Å². The number of thioether (sulfide) groups is 1. The number of halogens is 1. The topological polar surface area (TPSA) is 50.7 Å². The lowest BCUT2D eigenvalue weighted by Gasteiger charge is -2.13. The van der Waals surface area contributed by atoms with E-state index in [0.29, 0.717) is 27.6 Å². The molecule has 0 radical (unpaired) electrons. The molecule has 0 saturated carbocycles. The molecule has 0 bridgehead atoms. The van der Waals surface area contributed by atoms with Gasteiger partial charge in [0.2, 0.25) is 0 Å². The summed E-state index contributed by atoms with van der Waals surface area (Å²) in [6.45, 7) is 2.05. The Kier molecular flexibility index (Phi) is 5.37. The van der Waals surface area contributed by atoms with E-state index >= 15 is 0 Å². The summed E-state index contributed by atoms with van der Waals surface area (Å²) in [4.78, 5) is 21.5. The molecule has 0 spiro atoms. The van der Waals surface area contributed by atoms with Crippen molar-refractivity contribution in [2.24, 2.45) is 0 Å². The summed E-state index contributed by atoms with van der Waals surface area (Å²) in [6.07, 6.45) is 1.82. The van der Waals surface area contributed by atoms with Crippen molar-refractivity contribution in [1.82, 2.24) is 14.5 Å². The Labute approximate surface area is 188 Å². The maximum atomic E-state index is 13.5. The minimum absolute atomic E-state index is 0.213. The van der Waals surface area contributed by atoms with Crippen molar-refractivity contribution in [3.63, 3.8) is 0 Å². The summed E-state index contributed by atoms with van der Waals surface area (Å²) in [7, 11) is 0. The highest BCUT2D eigenvalue weighted by Crippen LogP contribution is 2.30. The maximum absolute atomic E-state index is 13.5.